The smallest absolute Gasteiger partial charge is 0.253 e. The van der Waals surface area contributed by atoms with Crippen LogP contribution in [0, 0.1) is 0 Å². The molecule has 0 radical (unpaired) electrons. The van der Waals surface area contributed by atoms with Gasteiger partial charge in [-0.25, -0.2) is 8.42 Å². The number of carbonyl (C=O) groups is 1. The second-order valence-electron chi connectivity index (χ2n) is 5.76. The van der Waals surface area contributed by atoms with Gasteiger partial charge in [-0.05, 0) is 48.7 Å². The van der Waals surface area contributed by atoms with E-state index in [-0.39, 0.29) is 11.7 Å². The summed E-state index contributed by atoms with van der Waals surface area (Å²) in [6.07, 6.45) is 5.46. The number of nitrogens with zero attached hydrogens (tertiary/aromatic N) is 2. The molecule has 0 aliphatic carbocycles. The number of hydrogen-bond donors (Lipinski definition) is 0. The third-order valence-corrected chi connectivity index (χ3v) is 4.58. The number of likely N-dealkylation sites (N-methyl/N-ethyl adjacent to an activating group) is 1. The fourth-order valence-electron chi connectivity index (χ4n) is 2.45. The molecule has 1 aromatic carbocycles. The second kappa shape index (κ2) is 8.06. The van der Waals surface area contributed by atoms with Crippen LogP contribution in [-0.4, -0.2) is 43.6 Å². The topological polar surface area (TPSA) is 67.3 Å². The van der Waals surface area contributed by atoms with Gasteiger partial charge in [-0.2, -0.15) is 0 Å². The van der Waals surface area contributed by atoms with E-state index in [1.165, 1.54) is 6.26 Å². The van der Waals surface area contributed by atoms with Gasteiger partial charge in [0.05, 0.1) is 5.75 Å². The number of pyridine rings is 1. The van der Waals surface area contributed by atoms with Crippen LogP contribution in [0.5, 0.6) is 0 Å². The number of sulfone groups is 1. The Kier molecular flexibility index (Phi) is 6.09. The molecule has 0 atom stereocenters. The van der Waals surface area contributed by atoms with Crippen molar-refractivity contribution in [2.45, 2.75) is 19.1 Å². The standard InChI is InChI=1S/C18H22N2O3S/c1-3-20(13-10-15-8-11-19-12-9-15)18(21)17-6-4-16(5-7-17)14-24(2,22)23/h4-9,11-12H,3,10,13-14H2,1-2H3. The van der Waals surface area contributed by atoms with Crippen LogP contribution >= 0.6 is 0 Å². The minimum Gasteiger partial charge on any atom is -0.339 e. The first kappa shape index (κ1) is 18.1. The predicted molar refractivity (Wildman–Crippen MR) is 94.5 cm³/mol. The maximum atomic E-state index is 12.6. The average molecular weight is 346 g/mol. The van der Waals surface area contributed by atoms with Crippen molar-refractivity contribution in [1.29, 1.82) is 0 Å². The number of rotatable bonds is 7. The summed E-state index contributed by atoms with van der Waals surface area (Å²) in [6, 6.07) is 10.7. The van der Waals surface area contributed by atoms with E-state index >= 15 is 0 Å². The van der Waals surface area contributed by atoms with E-state index in [2.05, 4.69) is 4.98 Å². The highest BCUT2D eigenvalue weighted by atomic mass is 32.2. The lowest BCUT2D eigenvalue weighted by Gasteiger charge is -2.21. The maximum Gasteiger partial charge on any atom is 0.253 e. The Hall–Kier alpha value is -2.21. The molecule has 2 aromatic rings. The number of carbonyl (C=O) groups excluding carboxylic acids is 1. The summed E-state index contributed by atoms with van der Waals surface area (Å²) in [6.45, 7) is 3.20. The van der Waals surface area contributed by atoms with Gasteiger partial charge in [0, 0.05) is 37.3 Å². The van der Waals surface area contributed by atoms with Gasteiger partial charge >= 0.3 is 0 Å². The lowest BCUT2D eigenvalue weighted by atomic mass is 10.1. The predicted octanol–water partition coefficient (Wildman–Crippen LogP) is 2.33. The maximum absolute atomic E-state index is 12.6. The van der Waals surface area contributed by atoms with Crippen molar-refractivity contribution in [1.82, 2.24) is 9.88 Å². The zero-order chi connectivity index (χ0) is 17.6. The summed E-state index contributed by atoms with van der Waals surface area (Å²) in [7, 11) is -3.07. The van der Waals surface area contributed by atoms with Gasteiger partial charge in [-0.15, -0.1) is 0 Å². The molecule has 1 aromatic heterocycles. The van der Waals surface area contributed by atoms with Gasteiger partial charge in [0.15, 0.2) is 9.84 Å². The monoisotopic (exact) mass is 346 g/mol. The van der Waals surface area contributed by atoms with Crippen LogP contribution < -0.4 is 0 Å². The molecule has 1 heterocycles. The summed E-state index contributed by atoms with van der Waals surface area (Å²) in [5.41, 5.74) is 2.40. The summed E-state index contributed by atoms with van der Waals surface area (Å²) in [5, 5.41) is 0. The number of benzene rings is 1. The van der Waals surface area contributed by atoms with Crippen LogP contribution in [0.25, 0.3) is 0 Å². The lowest BCUT2D eigenvalue weighted by molar-refractivity contribution is 0.0766. The van der Waals surface area contributed by atoms with E-state index in [1.54, 1.807) is 41.6 Å². The molecule has 5 nitrogen and oxygen atoms in total. The molecule has 0 saturated carbocycles. The molecule has 0 aliphatic heterocycles. The van der Waals surface area contributed by atoms with Gasteiger partial charge in [0.25, 0.3) is 5.91 Å². The summed E-state index contributed by atoms with van der Waals surface area (Å²) >= 11 is 0. The highest BCUT2D eigenvalue weighted by Crippen LogP contribution is 2.11. The van der Waals surface area contributed by atoms with Gasteiger partial charge in [0.1, 0.15) is 0 Å². The number of hydrogen-bond acceptors (Lipinski definition) is 4. The van der Waals surface area contributed by atoms with Crippen molar-refractivity contribution < 1.29 is 13.2 Å². The summed E-state index contributed by atoms with van der Waals surface area (Å²) in [5.74, 6) is -0.0569. The quantitative estimate of drug-likeness (QED) is 0.772. The molecule has 128 valence electrons. The van der Waals surface area contributed by atoms with Crippen LogP contribution in [0.1, 0.15) is 28.4 Å². The van der Waals surface area contributed by atoms with Crippen molar-refractivity contribution in [3.63, 3.8) is 0 Å². The molecule has 0 spiro atoms. The van der Waals surface area contributed by atoms with Gasteiger partial charge < -0.3 is 4.90 Å². The third-order valence-electron chi connectivity index (χ3n) is 3.72. The first-order chi connectivity index (χ1) is 11.4. The van der Waals surface area contributed by atoms with Crippen molar-refractivity contribution in [3.8, 4) is 0 Å². The first-order valence-electron chi connectivity index (χ1n) is 7.84. The zero-order valence-corrected chi connectivity index (χ0v) is 14.8. The molecule has 0 unspecified atom stereocenters. The van der Waals surface area contributed by atoms with Crippen LogP contribution in [0.3, 0.4) is 0 Å². The van der Waals surface area contributed by atoms with E-state index < -0.39 is 9.84 Å². The highest BCUT2D eigenvalue weighted by Gasteiger charge is 2.14. The number of aromatic nitrogens is 1. The SMILES string of the molecule is CCN(CCc1ccncc1)C(=O)c1ccc(CS(C)(=O)=O)cc1. The van der Waals surface area contributed by atoms with Gasteiger partial charge in [-0.3, -0.25) is 9.78 Å². The molecule has 6 heteroatoms. The molecule has 0 fully saturated rings. The Labute approximate surface area is 143 Å². The summed E-state index contributed by atoms with van der Waals surface area (Å²) < 4.78 is 22.6. The van der Waals surface area contributed by atoms with E-state index in [9.17, 15) is 13.2 Å². The Morgan fingerprint density at radius 1 is 1.04 bits per heavy atom. The van der Waals surface area contributed by atoms with Crippen LogP contribution in [0.15, 0.2) is 48.8 Å². The molecule has 24 heavy (non-hydrogen) atoms. The minimum atomic E-state index is -3.07. The minimum absolute atomic E-state index is 0.0129. The molecular formula is C18H22N2O3S. The van der Waals surface area contributed by atoms with Crippen LogP contribution in [0.2, 0.25) is 0 Å². The van der Waals surface area contributed by atoms with Crippen molar-refractivity contribution in [2.75, 3.05) is 19.3 Å². The molecule has 0 saturated heterocycles. The van der Waals surface area contributed by atoms with Crippen molar-refractivity contribution in [3.05, 3.63) is 65.5 Å². The van der Waals surface area contributed by atoms with Gasteiger partial charge in [0.2, 0.25) is 0 Å². The Bertz CT molecular complexity index is 772. The Morgan fingerprint density at radius 2 is 1.67 bits per heavy atom. The number of amides is 1. The van der Waals surface area contributed by atoms with E-state index in [0.29, 0.717) is 24.2 Å². The summed E-state index contributed by atoms with van der Waals surface area (Å²) in [4.78, 5) is 18.4. The molecule has 2 rings (SSSR count). The average Bonchev–Trinajstić information content (AvgIpc) is 2.55. The Balaban J connectivity index is 2.02. The molecule has 0 bridgehead atoms. The largest absolute Gasteiger partial charge is 0.339 e. The zero-order valence-electron chi connectivity index (χ0n) is 14.0. The van der Waals surface area contributed by atoms with E-state index in [0.717, 1.165) is 12.0 Å². The van der Waals surface area contributed by atoms with Crippen LogP contribution in [-0.2, 0) is 22.0 Å². The first-order valence-corrected chi connectivity index (χ1v) is 9.90. The van der Waals surface area contributed by atoms with Gasteiger partial charge in [-0.1, -0.05) is 12.1 Å². The normalized spacial score (nSPS) is 11.2. The fourth-order valence-corrected chi connectivity index (χ4v) is 3.24. The third kappa shape index (κ3) is 5.45. The highest BCUT2D eigenvalue weighted by molar-refractivity contribution is 7.89. The van der Waals surface area contributed by atoms with E-state index in [1.807, 2.05) is 19.1 Å². The Morgan fingerprint density at radius 3 is 2.21 bits per heavy atom. The molecular weight excluding hydrogens is 324 g/mol. The van der Waals surface area contributed by atoms with Crippen LogP contribution in [0.4, 0.5) is 0 Å². The van der Waals surface area contributed by atoms with Crippen molar-refractivity contribution in [2.24, 2.45) is 0 Å². The molecule has 0 aliphatic rings. The van der Waals surface area contributed by atoms with E-state index in [4.69, 9.17) is 0 Å². The molecule has 0 N–H and O–H groups in total. The molecule has 1 amide bonds. The fraction of sp³-hybridized carbons (Fsp3) is 0.333. The lowest BCUT2D eigenvalue weighted by Crippen LogP contribution is -2.32. The van der Waals surface area contributed by atoms with Crippen molar-refractivity contribution >= 4 is 15.7 Å². The second-order valence-corrected chi connectivity index (χ2v) is 7.90.